The van der Waals surface area contributed by atoms with Gasteiger partial charge in [-0.05, 0) is 39.5 Å². The van der Waals surface area contributed by atoms with Crippen molar-refractivity contribution >= 4 is 5.97 Å². The van der Waals surface area contributed by atoms with Crippen molar-refractivity contribution in [3.8, 4) is 0 Å². The molecule has 1 aliphatic rings. The van der Waals surface area contributed by atoms with E-state index in [0.717, 1.165) is 32.1 Å². The first-order valence-electron chi connectivity index (χ1n) is 7.99. The predicted molar refractivity (Wildman–Crippen MR) is 78.2 cm³/mol. The van der Waals surface area contributed by atoms with E-state index in [4.69, 9.17) is 14.5 Å². The molecular weight excluding hydrogens is 256 g/mol. The molecule has 1 heterocycles. The maximum absolute atomic E-state index is 12.5. The third kappa shape index (κ3) is 3.95. The number of carbonyl (C=O) groups excluding carboxylic acids is 1. The summed E-state index contributed by atoms with van der Waals surface area (Å²) in [6.07, 6.45) is 6.48. The molecule has 0 aromatic carbocycles. The number of ether oxygens (including phenoxy) is 1. The van der Waals surface area contributed by atoms with Gasteiger partial charge in [0.15, 0.2) is 0 Å². The van der Waals surface area contributed by atoms with Gasteiger partial charge in [0.05, 0.1) is 0 Å². The van der Waals surface area contributed by atoms with Gasteiger partial charge < -0.3 is 4.74 Å². The minimum Gasteiger partial charge on any atom is -0.457 e. The third-order valence-corrected chi connectivity index (χ3v) is 4.01. The second-order valence-corrected chi connectivity index (χ2v) is 6.31. The van der Waals surface area contributed by atoms with Crippen LogP contribution < -0.4 is 0 Å². The van der Waals surface area contributed by atoms with Gasteiger partial charge in [0.1, 0.15) is 11.7 Å². The molecule has 0 radical (unpaired) electrons. The molecule has 4 heteroatoms. The van der Waals surface area contributed by atoms with E-state index in [2.05, 4.69) is 13.8 Å². The molecule has 118 valence electrons. The van der Waals surface area contributed by atoms with Gasteiger partial charge >= 0.3 is 5.97 Å². The van der Waals surface area contributed by atoms with Crippen LogP contribution in [-0.2, 0) is 19.3 Å². The molecule has 0 aromatic rings. The van der Waals surface area contributed by atoms with Gasteiger partial charge in [-0.1, -0.05) is 40.0 Å². The van der Waals surface area contributed by atoms with Crippen molar-refractivity contribution in [2.75, 3.05) is 0 Å². The smallest absolute Gasteiger partial charge is 0.345 e. The largest absolute Gasteiger partial charge is 0.457 e. The second kappa shape index (κ2) is 7.41. The van der Waals surface area contributed by atoms with Crippen molar-refractivity contribution in [1.82, 2.24) is 0 Å². The van der Waals surface area contributed by atoms with Crippen LogP contribution in [0.15, 0.2) is 0 Å². The van der Waals surface area contributed by atoms with E-state index in [9.17, 15) is 4.79 Å². The van der Waals surface area contributed by atoms with Gasteiger partial charge in [-0.25, -0.2) is 14.6 Å². The van der Waals surface area contributed by atoms with Crippen LogP contribution in [0.1, 0.15) is 79.6 Å². The topological polar surface area (TPSA) is 44.8 Å². The average molecular weight is 286 g/mol. The van der Waals surface area contributed by atoms with Crippen LogP contribution in [-0.4, -0.2) is 23.3 Å². The van der Waals surface area contributed by atoms with Crippen LogP contribution in [0.2, 0.25) is 0 Å². The van der Waals surface area contributed by atoms with E-state index >= 15 is 0 Å². The Bertz CT molecular complexity index is 310. The van der Waals surface area contributed by atoms with E-state index in [1.165, 1.54) is 6.42 Å². The lowest BCUT2D eigenvalue weighted by molar-refractivity contribution is -0.499. The summed E-state index contributed by atoms with van der Waals surface area (Å²) >= 11 is 0. The SMILES string of the molecule is CCCCCC(C)(C)OC(=O)C1(CC)OOC1CCC. The summed E-state index contributed by atoms with van der Waals surface area (Å²) in [7, 11) is 0. The fourth-order valence-electron chi connectivity index (χ4n) is 2.56. The van der Waals surface area contributed by atoms with Crippen molar-refractivity contribution in [3.63, 3.8) is 0 Å². The molecule has 1 aliphatic heterocycles. The van der Waals surface area contributed by atoms with Crippen molar-refractivity contribution < 1.29 is 19.3 Å². The van der Waals surface area contributed by atoms with Crippen molar-refractivity contribution in [1.29, 1.82) is 0 Å². The van der Waals surface area contributed by atoms with Crippen LogP contribution in [0, 0.1) is 0 Å². The lowest BCUT2D eigenvalue weighted by Gasteiger charge is -2.45. The predicted octanol–water partition coefficient (Wildman–Crippen LogP) is 4.17. The molecule has 0 aliphatic carbocycles. The zero-order valence-corrected chi connectivity index (χ0v) is 13.7. The van der Waals surface area contributed by atoms with Crippen molar-refractivity contribution in [2.24, 2.45) is 0 Å². The molecule has 1 rings (SSSR count). The Kier molecular flexibility index (Phi) is 6.46. The molecule has 0 N–H and O–H groups in total. The van der Waals surface area contributed by atoms with Crippen LogP contribution >= 0.6 is 0 Å². The summed E-state index contributed by atoms with van der Waals surface area (Å²) in [6.45, 7) is 10.1. The molecule has 0 amide bonds. The van der Waals surface area contributed by atoms with Crippen LogP contribution in [0.4, 0.5) is 0 Å². The molecule has 1 saturated heterocycles. The van der Waals surface area contributed by atoms with Crippen molar-refractivity contribution in [2.45, 2.75) is 96.9 Å². The summed E-state index contributed by atoms with van der Waals surface area (Å²) in [5, 5.41) is 0. The first kappa shape index (κ1) is 17.4. The Balaban J connectivity index is 2.59. The fourth-order valence-corrected chi connectivity index (χ4v) is 2.56. The van der Waals surface area contributed by atoms with Gasteiger partial charge in [-0.2, -0.15) is 0 Å². The Hall–Kier alpha value is -0.610. The molecule has 2 unspecified atom stereocenters. The highest BCUT2D eigenvalue weighted by atomic mass is 17.3. The van der Waals surface area contributed by atoms with E-state index in [1.807, 2.05) is 20.8 Å². The first-order chi connectivity index (χ1) is 9.41. The number of carbonyl (C=O) groups is 1. The Labute approximate surface area is 123 Å². The van der Waals surface area contributed by atoms with E-state index in [0.29, 0.717) is 6.42 Å². The zero-order valence-electron chi connectivity index (χ0n) is 13.7. The lowest BCUT2D eigenvalue weighted by Crippen LogP contribution is -2.62. The van der Waals surface area contributed by atoms with Gasteiger partial charge in [-0.3, -0.25) is 0 Å². The summed E-state index contributed by atoms with van der Waals surface area (Å²) in [5.41, 5.74) is -1.33. The highest BCUT2D eigenvalue weighted by molar-refractivity contribution is 5.81. The third-order valence-electron chi connectivity index (χ3n) is 4.01. The number of rotatable bonds is 9. The molecule has 4 nitrogen and oxygen atoms in total. The Morgan fingerprint density at radius 2 is 1.90 bits per heavy atom. The molecule has 0 aromatic heterocycles. The van der Waals surface area contributed by atoms with Gasteiger partial charge in [0.25, 0.3) is 0 Å². The number of esters is 1. The van der Waals surface area contributed by atoms with Crippen LogP contribution in [0.25, 0.3) is 0 Å². The molecule has 1 fully saturated rings. The highest BCUT2D eigenvalue weighted by Gasteiger charge is 2.58. The summed E-state index contributed by atoms with van der Waals surface area (Å²) in [6, 6.07) is 0. The van der Waals surface area contributed by atoms with E-state index < -0.39 is 11.2 Å². The highest BCUT2D eigenvalue weighted by Crippen LogP contribution is 2.38. The molecule has 2 atom stereocenters. The maximum Gasteiger partial charge on any atom is 0.345 e. The van der Waals surface area contributed by atoms with Crippen LogP contribution in [0.5, 0.6) is 0 Å². The molecule has 0 saturated carbocycles. The minimum atomic E-state index is -0.891. The zero-order chi connectivity index (χ0) is 15.2. The number of hydrogen-bond acceptors (Lipinski definition) is 4. The molecule has 0 spiro atoms. The molecular formula is C16H30O4. The Morgan fingerprint density at radius 3 is 2.35 bits per heavy atom. The maximum atomic E-state index is 12.5. The molecule has 0 bridgehead atoms. The van der Waals surface area contributed by atoms with Gasteiger partial charge in [0.2, 0.25) is 5.60 Å². The van der Waals surface area contributed by atoms with E-state index in [-0.39, 0.29) is 12.1 Å². The number of hydrogen-bond donors (Lipinski definition) is 0. The quantitative estimate of drug-likeness (QED) is 0.362. The molecule has 20 heavy (non-hydrogen) atoms. The summed E-state index contributed by atoms with van der Waals surface area (Å²) in [5.74, 6) is -0.272. The summed E-state index contributed by atoms with van der Waals surface area (Å²) < 4.78 is 5.72. The summed E-state index contributed by atoms with van der Waals surface area (Å²) in [4.78, 5) is 22.8. The minimum absolute atomic E-state index is 0.170. The lowest BCUT2D eigenvalue weighted by atomic mass is 9.88. The second-order valence-electron chi connectivity index (χ2n) is 6.31. The first-order valence-corrected chi connectivity index (χ1v) is 7.99. The standard InChI is InChI=1S/C16H30O4/c1-6-9-10-12-15(4,5)18-14(17)16(8-3)13(11-7-2)19-20-16/h13H,6-12H2,1-5H3. The fraction of sp³-hybridized carbons (Fsp3) is 0.938. The van der Waals surface area contributed by atoms with Gasteiger partial charge in [-0.15, -0.1) is 0 Å². The van der Waals surface area contributed by atoms with Crippen molar-refractivity contribution in [3.05, 3.63) is 0 Å². The normalized spacial score (nSPS) is 26.1. The monoisotopic (exact) mass is 286 g/mol. The van der Waals surface area contributed by atoms with E-state index in [1.54, 1.807) is 0 Å². The van der Waals surface area contributed by atoms with Crippen LogP contribution in [0.3, 0.4) is 0 Å². The average Bonchev–Trinajstić information content (AvgIpc) is 2.35. The van der Waals surface area contributed by atoms with Gasteiger partial charge in [0, 0.05) is 0 Å². The number of unbranched alkanes of at least 4 members (excludes halogenated alkanes) is 2. The Morgan fingerprint density at radius 1 is 1.20 bits per heavy atom.